The third kappa shape index (κ3) is 3.24. The molecule has 0 saturated carbocycles. The summed E-state index contributed by atoms with van der Waals surface area (Å²) in [6.45, 7) is 0.514. The van der Waals surface area contributed by atoms with E-state index in [1.165, 1.54) is 12.3 Å². The van der Waals surface area contributed by atoms with E-state index in [0.717, 1.165) is 4.57 Å². The monoisotopic (exact) mass is 416 g/mol. The van der Waals surface area contributed by atoms with Crippen LogP contribution in [0.5, 0.6) is 0 Å². The summed E-state index contributed by atoms with van der Waals surface area (Å²) in [6, 6.07) is 1.18. The molecule has 5 unspecified atom stereocenters. The molecule has 0 spiro atoms. The fourth-order valence-electron chi connectivity index (χ4n) is 2.47. The number of aromatic amines is 1. The first kappa shape index (κ1) is 18.5. The number of hydrogen-bond acceptors (Lipinski definition) is 7. The number of alkyl halides is 2. The second kappa shape index (κ2) is 6.48. The topological polar surface area (TPSA) is 91.8 Å². The Morgan fingerprint density at radius 1 is 1.54 bits per heavy atom. The molecule has 3 rings (SSSR count). The van der Waals surface area contributed by atoms with Gasteiger partial charge in [-0.1, -0.05) is 11.6 Å². The Hall–Kier alpha value is -0.250. The second-order valence-corrected chi connectivity index (χ2v) is 9.57. The van der Waals surface area contributed by atoms with E-state index >= 15 is 0 Å². The van der Waals surface area contributed by atoms with Crippen LogP contribution >= 0.6 is 29.9 Å². The first-order valence-electron chi connectivity index (χ1n) is 7.08. The number of nitrogens with zero attached hydrogens (tertiary/aromatic N) is 1. The number of hydrogen-bond donors (Lipinski definition) is 1. The molecule has 3 heterocycles. The van der Waals surface area contributed by atoms with Gasteiger partial charge in [-0.05, 0) is 25.7 Å². The zero-order valence-corrected chi connectivity index (χ0v) is 15.9. The molecule has 2 fully saturated rings. The van der Waals surface area contributed by atoms with E-state index in [2.05, 4.69) is 4.98 Å². The molecule has 134 valence electrons. The molecule has 0 aromatic carbocycles. The van der Waals surface area contributed by atoms with Gasteiger partial charge in [0, 0.05) is 12.3 Å². The number of fused-ring (bicyclic) bond motifs is 1. The van der Waals surface area contributed by atoms with Gasteiger partial charge in [0.2, 0.25) is 0 Å². The lowest BCUT2D eigenvalue weighted by molar-refractivity contribution is -0.0769. The minimum absolute atomic E-state index is 0.0192. The number of rotatable bonds is 3. The van der Waals surface area contributed by atoms with Crippen LogP contribution in [0.15, 0.2) is 21.9 Å². The second-order valence-electron chi connectivity index (χ2n) is 5.62. The van der Waals surface area contributed by atoms with Crippen molar-refractivity contribution in [1.82, 2.24) is 9.55 Å². The van der Waals surface area contributed by atoms with Gasteiger partial charge >= 0.3 is 12.4 Å². The molecule has 0 amide bonds. The van der Waals surface area contributed by atoms with Gasteiger partial charge in [-0.25, -0.2) is 4.79 Å². The zero-order valence-electron chi connectivity index (χ0n) is 12.7. The van der Waals surface area contributed by atoms with E-state index in [1.54, 1.807) is 13.8 Å². The molecule has 5 atom stereocenters. The Morgan fingerprint density at radius 3 is 2.88 bits per heavy atom. The van der Waals surface area contributed by atoms with Crippen LogP contribution in [0.1, 0.15) is 20.1 Å². The molecular formula is C12H15Cl2N2O6PS. The van der Waals surface area contributed by atoms with E-state index in [4.69, 9.17) is 53.3 Å². The molecule has 1 aromatic rings. The first-order valence-corrected chi connectivity index (χ1v) is 10.5. The van der Waals surface area contributed by atoms with Gasteiger partial charge < -0.3 is 13.8 Å². The van der Waals surface area contributed by atoms with Crippen LogP contribution < -0.4 is 11.2 Å². The summed E-state index contributed by atoms with van der Waals surface area (Å²) >= 11 is 18.3. The lowest BCUT2D eigenvalue weighted by atomic mass is 10.1. The van der Waals surface area contributed by atoms with Crippen LogP contribution in [0, 0.1) is 0 Å². The average molecular weight is 417 g/mol. The smallest absolute Gasteiger partial charge is 0.330 e. The van der Waals surface area contributed by atoms with Crippen LogP contribution in [0.3, 0.4) is 0 Å². The molecule has 0 aliphatic carbocycles. The molecule has 0 bridgehead atoms. The fourth-order valence-corrected chi connectivity index (χ4v) is 6.14. The van der Waals surface area contributed by atoms with Crippen LogP contribution in [-0.4, -0.2) is 38.8 Å². The Balaban J connectivity index is 1.91. The first-order chi connectivity index (χ1) is 11.1. The Bertz CT molecular complexity index is 800. The maximum atomic E-state index is 12.0. The summed E-state index contributed by atoms with van der Waals surface area (Å²) in [5.41, 5.74) is -1.20. The maximum absolute atomic E-state index is 12.0. The quantitative estimate of drug-likeness (QED) is 0.591. The number of halogens is 2. The largest absolute Gasteiger partial charge is 0.346 e. The van der Waals surface area contributed by atoms with Crippen LogP contribution in [0.2, 0.25) is 0 Å². The van der Waals surface area contributed by atoms with Crippen LogP contribution in [0.25, 0.3) is 0 Å². The van der Waals surface area contributed by atoms with Gasteiger partial charge in [0.05, 0.1) is 12.7 Å². The number of aromatic nitrogens is 2. The Kier molecular flexibility index (Phi) is 5.01. The van der Waals surface area contributed by atoms with E-state index in [9.17, 15) is 9.59 Å². The highest BCUT2D eigenvalue weighted by molar-refractivity contribution is 8.07. The van der Waals surface area contributed by atoms with E-state index < -0.39 is 40.7 Å². The van der Waals surface area contributed by atoms with Crippen molar-refractivity contribution in [2.24, 2.45) is 0 Å². The summed E-state index contributed by atoms with van der Waals surface area (Å²) in [6.07, 6.45) is -0.651. The summed E-state index contributed by atoms with van der Waals surface area (Å²) < 4.78 is 23.6. The third-order valence-electron chi connectivity index (χ3n) is 3.47. The minimum atomic E-state index is -3.09. The predicted molar refractivity (Wildman–Crippen MR) is 91.0 cm³/mol. The summed E-state index contributed by atoms with van der Waals surface area (Å²) in [7, 11) is 0. The molecule has 2 aliphatic rings. The number of H-pyrrole nitrogens is 1. The summed E-state index contributed by atoms with van der Waals surface area (Å²) in [4.78, 5) is 25.3. The number of ether oxygens (including phenoxy) is 1. The molecular weight excluding hydrogens is 402 g/mol. The van der Waals surface area contributed by atoms with Crippen molar-refractivity contribution in [2.45, 2.75) is 42.7 Å². The minimum Gasteiger partial charge on any atom is -0.346 e. The van der Waals surface area contributed by atoms with Gasteiger partial charge in [-0.2, -0.15) is 0 Å². The highest BCUT2D eigenvalue weighted by Crippen LogP contribution is 2.63. The predicted octanol–water partition coefficient (Wildman–Crippen LogP) is 1.67. The van der Waals surface area contributed by atoms with Gasteiger partial charge in [0.15, 0.2) is 11.3 Å². The summed E-state index contributed by atoms with van der Waals surface area (Å²) in [5, 5.41) is -2.47. The average Bonchev–Trinajstić information content (AvgIpc) is 2.69. The third-order valence-corrected chi connectivity index (χ3v) is 7.25. The van der Waals surface area contributed by atoms with Crippen molar-refractivity contribution in [3.8, 4) is 0 Å². The molecule has 1 aromatic heterocycles. The van der Waals surface area contributed by atoms with Gasteiger partial charge in [0.25, 0.3) is 5.56 Å². The Morgan fingerprint density at radius 2 is 2.25 bits per heavy atom. The van der Waals surface area contributed by atoms with E-state index in [1.807, 2.05) is 0 Å². The van der Waals surface area contributed by atoms with E-state index in [-0.39, 0.29) is 12.7 Å². The SMILES string of the molecule is CC(C)OP1(=S)OCC2OC(n3ccc(=O)[nH]c3=O)C(Cl)C2(Cl)O1. The van der Waals surface area contributed by atoms with Crippen LogP contribution in [-0.2, 0) is 30.1 Å². The van der Waals surface area contributed by atoms with Gasteiger partial charge in [-0.3, -0.25) is 18.9 Å². The van der Waals surface area contributed by atoms with Gasteiger partial charge in [0.1, 0.15) is 11.5 Å². The standard InChI is InChI=1S/C12H15Cl2N2O6PS/c1-6(2)21-23(24)19-5-7-12(14,22-23)9(13)10(20-7)16-4-3-8(17)15-11(16)18/h3-4,6-7,9-10H,5H2,1-2H3,(H,15,17,18). The summed E-state index contributed by atoms with van der Waals surface area (Å²) in [5.74, 6) is 0. The molecule has 8 nitrogen and oxygen atoms in total. The number of nitrogens with one attached hydrogen (secondary N) is 1. The van der Waals surface area contributed by atoms with Crippen molar-refractivity contribution in [3.05, 3.63) is 33.1 Å². The van der Waals surface area contributed by atoms with Gasteiger partial charge in [-0.15, -0.1) is 11.6 Å². The molecule has 0 radical (unpaired) electrons. The molecule has 2 aliphatic heterocycles. The van der Waals surface area contributed by atoms with Crippen LogP contribution in [0.4, 0.5) is 0 Å². The Labute approximate surface area is 152 Å². The zero-order chi connectivity index (χ0) is 17.7. The van der Waals surface area contributed by atoms with E-state index in [0.29, 0.717) is 0 Å². The molecule has 24 heavy (non-hydrogen) atoms. The molecule has 12 heteroatoms. The van der Waals surface area contributed by atoms with Crippen molar-refractivity contribution >= 4 is 41.7 Å². The van der Waals surface area contributed by atoms with Crippen molar-refractivity contribution in [2.75, 3.05) is 6.61 Å². The highest BCUT2D eigenvalue weighted by Gasteiger charge is 2.62. The molecule has 2 saturated heterocycles. The molecule has 1 N–H and O–H groups in total. The normalized spacial score (nSPS) is 39.1. The fraction of sp³-hybridized carbons (Fsp3) is 0.667. The van der Waals surface area contributed by atoms with Crippen molar-refractivity contribution < 1.29 is 18.3 Å². The lowest BCUT2D eigenvalue weighted by Gasteiger charge is -2.39. The van der Waals surface area contributed by atoms with Crippen molar-refractivity contribution in [1.29, 1.82) is 0 Å². The lowest BCUT2D eigenvalue weighted by Crippen LogP contribution is -2.47. The maximum Gasteiger partial charge on any atom is 0.330 e. The highest BCUT2D eigenvalue weighted by atomic mass is 35.5. The van der Waals surface area contributed by atoms with Crippen molar-refractivity contribution in [3.63, 3.8) is 0 Å².